The summed E-state index contributed by atoms with van der Waals surface area (Å²) < 4.78 is 51.2. The van der Waals surface area contributed by atoms with E-state index in [9.17, 15) is 27.2 Å². The molecule has 0 heterocycles. The number of carboxylic acids is 1. The molecule has 0 radical (unpaired) electrons. The van der Waals surface area contributed by atoms with E-state index in [0.717, 1.165) is 12.1 Å². The van der Waals surface area contributed by atoms with Crippen molar-refractivity contribution in [1.82, 2.24) is 5.32 Å². The zero-order chi connectivity index (χ0) is 15.7. The standard InChI is InChI=1S/C12H11F4NO3/c1-6-3-4-7(13)5-8(6)9(18)17-11(2,10(19)20)12(14,15)16/h3-5H,1-2H3,(H,17,18)(H,19,20). The summed E-state index contributed by atoms with van der Waals surface area (Å²) in [7, 11) is 0. The number of carbonyl (C=O) groups is 2. The molecule has 1 aromatic rings. The molecule has 0 aliphatic rings. The molecule has 0 saturated carbocycles. The number of carbonyl (C=O) groups excluding carboxylic acids is 1. The van der Waals surface area contributed by atoms with Gasteiger partial charge in [0, 0.05) is 5.56 Å². The number of aryl methyl sites for hydroxylation is 1. The van der Waals surface area contributed by atoms with Gasteiger partial charge in [-0.25, -0.2) is 9.18 Å². The van der Waals surface area contributed by atoms with Gasteiger partial charge in [0.2, 0.25) is 5.54 Å². The summed E-state index contributed by atoms with van der Waals surface area (Å²) >= 11 is 0. The number of hydrogen-bond acceptors (Lipinski definition) is 2. The highest BCUT2D eigenvalue weighted by molar-refractivity contribution is 5.99. The summed E-state index contributed by atoms with van der Waals surface area (Å²) in [6.07, 6.45) is -5.20. The van der Waals surface area contributed by atoms with Gasteiger partial charge in [-0.05, 0) is 31.5 Å². The average molecular weight is 293 g/mol. The van der Waals surface area contributed by atoms with E-state index in [0.29, 0.717) is 6.92 Å². The van der Waals surface area contributed by atoms with Crippen molar-refractivity contribution in [1.29, 1.82) is 0 Å². The van der Waals surface area contributed by atoms with Gasteiger partial charge < -0.3 is 10.4 Å². The van der Waals surface area contributed by atoms with Crippen LogP contribution in [0.2, 0.25) is 0 Å². The van der Waals surface area contributed by atoms with Crippen molar-refractivity contribution >= 4 is 11.9 Å². The second kappa shape index (κ2) is 5.10. The van der Waals surface area contributed by atoms with Crippen molar-refractivity contribution in [3.05, 3.63) is 35.1 Å². The molecule has 0 aliphatic carbocycles. The third-order valence-electron chi connectivity index (χ3n) is 2.80. The zero-order valence-corrected chi connectivity index (χ0v) is 10.5. The highest BCUT2D eigenvalue weighted by atomic mass is 19.4. The van der Waals surface area contributed by atoms with Crippen molar-refractivity contribution in [2.24, 2.45) is 0 Å². The third kappa shape index (κ3) is 2.89. The largest absolute Gasteiger partial charge is 0.479 e. The maximum absolute atomic E-state index is 13.0. The Morgan fingerprint density at radius 3 is 2.25 bits per heavy atom. The Labute approximate surface area is 111 Å². The molecule has 1 atom stereocenters. The van der Waals surface area contributed by atoms with Crippen LogP contribution in [0, 0.1) is 12.7 Å². The van der Waals surface area contributed by atoms with Crippen molar-refractivity contribution in [2.75, 3.05) is 0 Å². The van der Waals surface area contributed by atoms with Crippen LogP contribution in [0.3, 0.4) is 0 Å². The molecule has 2 N–H and O–H groups in total. The zero-order valence-electron chi connectivity index (χ0n) is 10.5. The minimum Gasteiger partial charge on any atom is -0.479 e. The lowest BCUT2D eigenvalue weighted by atomic mass is 10.00. The molecule has 0 aliphatic heterocycles. The predicted molar refractivity (Wildman–Crippen MR) is 60.7 cm³/mol. The van der Waals surface area contributed by atoms with Gasteiger partial charge in [0.15, 0.2) is 0 Å². The lowest BCUT2D eigenvalue weighted by Crippen LogP contribution is -2.62. The van der Waals surface area contributed by atoms with Gasteiger partial charge in [0.1, 0.15) is 5.82 Å². The maximum atomic E-state index is 13.0. The Morgan fingerprint density at radius 2 is 1.80 bits per heavy atom. The number of benzene rings is 1. The SMILES string of the molecule is Cc1ccc(F)cc1C(=O)NC(C)(C(=O)O)C(F)(F)F. The lowest BCUT2D eigenvalue weighted by Gasteiger charge is -2.28. The summed E-state index contributed by atoms with van der Waals surface area (Å²) in [6, 6.07) is 2.98. The smallest absolute Gasteiger partial charge is 0.422 e. The Kier molecular flexibility index (Phi) is 4.07. The van der Waals surface area contributed by atoms with Crippen molar-refractivity contribution in [3.8, 4) is 0 Å². The van der Waals surface area contributed by atoms with E-state index in [1.54, 1.807) is 0 Å². The third-order valence-corrected chi connectivity index (χ3v) is 2.80. The van der Waals surface area contributed by atoms with E-state index in [4.69, 9.17) is 5.11 Å². The summed E-state index contributed by atoms with van der Waals surface area (Å²) in [6.45, 7) is 1.71. The quantitative estimate of drug-likeness (QED) is 0.840. The molecular weight excluding hydrogens is 282 g/mol. The number of hydrogen-bond donors (Lipinski definition) is 2. The first-order valence-corrected chi connectivity index (χ1v) is 5.38. The first-order valence-electron chi connectivity index (χ1n) is 5.38. The number of amides is 1. The number of rotatable bonds is 3. The molecule has 110 valence electrons. The maximum Gasteiger partial charge on any atom is 0.422 e. The second-order valence-corrected chi connectivity index (χ2v) is 4.34. The van der Waals surface area contributed by atoms with Crippen LogP contribution in [-0.2, 0) is 4.79 Å². The Morgan fingerprint density at radius 1 is 1.25 bits per heavy atom. The minimum absolute atomic E-state index is 0.221. The van der Waals surface area contributed by atoms with Crippen LogP contribution in [0.25, 0.3) is 0 Å². The molecule has 0 fully saturated rings. The summed E-state index contributed by atoms with van der Waals surface area (Å²) in [5, 5.41) is 10.1. The number of nitrogens with one attached hydrogen (secondary N) is 1. The molecule has 0 aromatic heterocycles. The van der Waals surface area contributed by atoms with Gasteiger partial charge in [-0.15, -0.1) is 0 Å². The van der Waals surface area contributed by atoms with Gasteiger partial charge in [-0.3, -0.25) is 4.79 Å². The Balaban J connectivity index is 3.16. The van der Waals surface area contributed by atoms with Gasteiger partial charge in [0.25, 0.3) is 5.91 Å². The van der Waals surface area contributed by atoms with Crippen molar-refractivity contribution in [3.63, 3.8) is 0 Å². The summed E-state index contributed by atoms with van der Waals surface area (Å²) in [5.41, 5.74) is -3.59. The lowest BCUT2D eigenvalue weighted by molar-refractivity contribution is -0.203. The highest BCUT2D eigenvalue weighted by Gasteiger charge is 2.58. The van der Waals surface area contributed by atoms with Gasteiger partial charge in [-0.1, -0.05) is 6.07 Å². The number of alkyl halides is 3. The summed E-state index contributed by atoms with van der Waals surface area (Å²) in [4.78, 5) is 22.5. The van der Waals surface area contributed by atoms with Crippen LogP contribution in [-0.4, -0.2) is 28.7 Å². The minimum atomic E-state index is -5.20. The fourth-order valence-corrected chi connectivity index (χ4v) is 1.38. The molecular formula is C12H11F4NO3. The van der Waals surface area contributed by atoms with Crippen LogP contribution in [0.5, 0.6) is 0 Å². The highest BCUT2D eigenvalue weighted by Crippen LogP contribution is 2.30. The van der Waals surface area contributed by atoms with E-state index in [1.807, 2.05) is 0 Å². The van der Waals surface area contributed by atoms with E-state index >= 15 is 0 Å². The van der Waals surface area contributed by atoms with Crippen LogP contribution in [0.1, 0.15) is 22.8 Å². The topological polar surface area (TPSA) is 66.4 Å². The normalized spacial score (nSPS) is 14.5. The number of carboxylic acid groups (broad SMARTS) is 1. The molecule has 20 heavy (non-hydrogen) atoms. The molecule has 0 bridgehead atoms. The number of halogens is 4. The van der Waals surface area contributed by atoms with Crippen LogP contribution in [0.15, 0.2) is 18.2 Å². The first kappa shape index (κ1) is 15.9. The molecule has 1 amide bonds. The average Bonchev–Trinajstić information content (AvgIpc) is 2.30. The molecule has 0 spiro atoms. The van der Waals surface area contributed by atoms with Crippen molar-refractivity contribution in [2.45, 2.75) is 25.6 Å². The predicted octanol–water partition coefficient (Wildman–Crippen LogP) is 2.27. The Hall–Kier alpha value is -2.12. The van der Waals surface area contributed by atoms with Gasteiger partial charge in [-0.2, -0.15) is 13.2 Å². The van der Waals surface area contributed by atoms with E-state index in [1.165, 1.54) is 18.3 Å². The Bertz CT molecular complexity index is 556. The van der Waals surface area contributed by atoms with Crippen LogP contribution < -0.4 is 5.32 Å². The summed E-state index contributed by atoms with van der Waals surface area (Å²) in [5.74, 6) is -4.39. The fourth-order valence-electron chi connectivity index (χ4n) is 1.38. The molecule has 0 saturated heterocycles. The number of aliphatic carboxylic acids is 1. The molecule has 4 nitrogen and oxygen atoms in total. The first-order chi connectivity index (χ1) is 8.99. The monoisotopic (exact) mass is 293 g/mol. The van der Waals surface area contributed by atoms with Crippen LogP contribution in [0.4, 0.5) is 17.6 Å². The van der Waals surface area contributed by atoms with Gasteiger partial charge in [0.05, 0.1) is 0 Å². The fraction of sp³-hybridized carbons (Fsp3) is 0.333. The molecule has 8 heteroatoms. The van der Waals surface area contributed by atoms with E-state index in [2.05, 4.69) is 0 Å². The van der Waals surface area contributed by atoms with E-state index in [-0.39, 0.29) is 11.1 Å². The van der Waals surface area contributed by atoms with Gasteiger partial charge >= 0.3 is 12.1 Å². The molecule has 1 rings (SSSR count). The molecule has 1 aromatic carbocycles. The van der Waals surface area contributed by atoms with E-state index < -0.39 is 29.4 Å². The van der Waals surface area contributed by atoms with Crippen molar-refractivity contribution < 1.29 is 32.3 Å². The second-order valence-electron chi connectivity index (χ2n) is 4.34. The van der Waals surface area contributed by atoms with Crippen LogP contribution >= 0.6 is 0 Å². The molecule has 1 unspecified atom stereocenters.